The van der Waals surface area contributed by atoms with Gasteiger partial charge in [0.1, 0.15) is 0 Å². The van der Waals surface area contributed by atoms with Gasteiger partial charge in [-0.25, -0.2) is 0 Å². The average Bonchev–Trinajstić information content (AvgIpc) is 2.41. The molecule has 0 fully saturated rings. The van der Waals surface area contributed by atoms with Crippen LogP contribution in [0.25, 0.3) is 0 Å². The van der Waals surface area contributed by atoms with E-state index in [4.69, 9.17) is 11.6 Å². The molecule has 1 N–H and O–H groups in total. The molecule has 2 aromatic rings. The number of hydrogen-bond acceptors (Lipinski definition) is 3. The first-order valence-corrected chi connectivity index (χ1v) is 6.35. The third-order valence-electron chi connectivity index (χ3n) is 2.66. The molecule has 0 saturated heterocycles. The summed E-state index contributed by atoms with van der Waals surface area (Å²) >= 11 is 5.81. The van der Waals surface area contributed by atoms with E-state index >= 15 is 0 Å². The predicted octanol–water partition coefficient (Wildman–Crippen LogP) is 3.85. The Morgan fingerprint density at radius 1 is 1.00 bits per heavy atom. The number of anilines is 2. The predicted molar refractivity (Wildman–Crippen MR) is 83.4 cm³/mol. The quantitative estimate of drug-likeness (QED) is 0.677. The van der Waals surface area contributed by atoms with Gasteiger partial charge in [0.15, 0.2) is 0 Å². The molecule has 0 aliphatic carbocycles. The van der Waals surface area contributed by atoms with Gasteiger partial charge in [0, 0.05) is 24.8 Å². The summed E-state index contributed by atoms with van der Waals surface area (Å²) in [6, 6.07) is 15.6. The summed E-state index contributed by atoms with van der Waals surface area (Å²) < 4.78 is 0. The second-order valence-corrected chi connectivity index (χ2v) is 4.80. The van der Waals surface area contributed by atoms with E-state index in [0.717, 1.165) is 11.3 Å². The van der Waals surface area contributed by atoms with Crippen molar-refractivity contribution in [2.45, 2.75) is 0 Å². The molecule has 0 aliphatic heterocycles. The standard InChI is InChI=1S/C15H16ClN3/c1-19(2)15-9-3-12(4-10-15)11-17-18-14-7-5-13(16)6-8-14/h3-11,18H,1-2H3/b17-11-. The van der Waals surface area contributed by atoms with Crippen LogP contribution < -0.4 is 10.3 Å². The molecule has 0 amide bonds. The molecule has 0 radical (unpaired) electrons. The highest BCUT2D eigenvalue weighted by Gasteiger charge is 1.94. The molecule has 0 aliphatic rings. The molecule has 0 heterocycles. The fourth-order valence-corrected chi connectivity index (χ4v) is 1.69. The lowest BCUT2D eigenvalue weighted by Gasteiger charge is -2.11. The summed E-state index contributed by atoms with van der Waals surface area (Å²) in [5.74, 6) is 0. The van der Waals surface area contributed by atoms with Crippen LogP contribution in [0.15, 0.2) is 53.6 Å². The van der Waals surface area contributed by atoms with Crippen molar-refractivity contribution in [3.05, 3.63) is 59.1 Å². The van der Waals surface area contributed by atoms with Gasteiger partial charge in [-0.2, -0.15) is 5.10 Å². The molecule has 2 aromatic carbocycles. The van der Waals surface area contributed by atoms with Crippen LogP contribution in [0.4, 0.5) is 11.4 Å². The second kappa shape index (κ2) is 6.25. The Morgan fingerprint density at radius 3 is 2.21 bits per heavy atom. The van der Waals surface area contributed by atoms with Crippen molar-refractivity contribution >= 4 is 29.2 Å². The van der Waals surface area contributed by atoms with Crippen molar-refractivity contribution in [3.63, 3.8) is 0 Å². The number of nitrogens with one attached hydrogen (secondary N) is 1. The molecule has 0 bridgehead atoms. The lowest BCUT2D eigenvalue weighted by molar-refractivity contribution is 1.13. The van der Waals surface area contributed by atoms with E-state index in [1.165, 1.54) is 5.69 Å². The highest BCUT2D eigenvalue weighted by Crippen LogP contribution is 2.13. The van der Waals surface area contributed by atoms with Crippen LogP contribution in [0.2, 0.25) is 5.02 Å². The molecule has 0 spiro atoms. The summed E-state index contributed by atoms with van der Waals surface area (Å²) in [7, 11) is 4.04. The highest BCUT2D eigenvalue weighted by atomic mass is 35.5. The van der Waals surface area contributed by atoms with Crippen molar-refractivity contribution in [2.75, 3.05) is 24.4 Å². The number of hydrazone groups is 1. The molecule has 98 valence electrons. The van der Waals surface area contributed by atoms with Crippen molar-refractivity contribution < 1.29 is 0 Å². The van der Waals surface area contributed by atoms with Crippen LogP contribution in [0.1, 0.15) is 5.56 Å². The lowest BCUT2D eigenvalue weighted by Crippen LogP contribution is -2.08. The van der Waals surface area contributed by atoms with Crippen molar-refractivity contribution in [1.29, 1.82) is 0 Å². The molecular weight excluding hydrogens is 258 g/mol. The lowest BCUT2D eigenvalue weighted by atomic mass is 10.2. The zero-order valence-corrected chi connectivity index (χ0v) is 11.7. The molecule has 0 saturated carbocycles. The second-order valence-electron chi connectivity index (χ2n) is 4.36. The number of hydrogen-bond donors (Lipinski definition) is 1. The third kappa shape index (κ3) is 4.00. The number of benzene rings is 2. The summed E-state index contributed by atoms with van der Waals surface area (Å²) in [4.78, 5) is 2.06. The molecule has 3 nitrogen and oxygen atoms in total. The van der Waals surface area contributed by atoms with E-state index < -0.39 is 0 Å². The fourth-order valence-electron chi connectivity index (χ4n) is 1.56. The molecule has 4 heteroatoms. The van der Waals surface area contributed by atoms with Gasteiger partial charge >= 0.3 is 0 Å². The zero-order valence-electron chi connectivity index (χ0n) is 11.0. The number of nitrogens with zero attached hydrogens (tertiary/aromatic N) is 2. The van der Waals surface area contributed by atoms with Gasteiger partial charge in [-0.15, -0.1) is 0 Å². The SMILES string of the molecule is CN(C)c1ccc(/C=N\Nc2ccc(Cl)cc2)cc1. The van der Waals surface area contributed by atoms with Crippen molar-refractivity contribution in [2.24, 2.45) is 5.10 Å². The minimum Gasteiger partial charge on any atom is -0.378 e. The van der Waals surface area contributed by atoms with Gasteiger partial charge in [-0.3, -0.25) is 5.43 Å². The smallest absolute Gasteiger partial charge is 0.0562 e. The van der Waals surface area contributed by atoms with Crippen molar-refractivity contribution in [3.8, 4) is 0 Å². The minimum absolute atomic E-state index is 0.716. The fraction of sp³-hybridized carbons (Fsp3) is 0.133. The monoisotopic (exact) mass is 273 g/mol. The van der Waals surface area contributed by atoms with E-state index in [1.54, 1.807) is 6.21 Å². The average molecular weight is 274 g/mol. The molecule has 0 aromatic heterocycles. The first kappa shape index (κ1) is 13.4. The number of halogens is 1. The zero-order chi connectivity index (χ0) is 13.7. The van der Waals surface area contributed by atoms with E-state index in [9.17, 15) is 0 Å². The summed E-state index contributed by atoms with van der Waals surface area (Å²) in [6.07, 6.45) is 1.79. The van der Waals surface area contributed by atoms with Crippen LogP contribution in [-0.4, -0.2) is 20.3 Å². The van der Waals surface area contributed by atoms with E-state index in [-0.39, 0.29) is 0 Å². The van der Waals surface area contributed by atoms with Gasteiger partial charge in [0.2, 0.25) is 0 Å². The Balaban J connectivity index is 1.97. The Morgan fingerprint density at radius 2 is 1.63 bits per heavy atom. The maximum absolute atomic E-state index is 5.81. The van der Waals surface area contributed by atoms with Gasteiger partial charge in [-0.1, -0.05) is 23.7 Å². The molecule has 2 rings (SSSR count). The van der Waals surface area contributed by atoms with Crippen LogP contribution >= 0.6 is 11.6 Å². The van der Waals surface area contributed by atoms with Crippen molar-refractivity contribution in [1.82, 2.24) is 0 Å². The maximum Gasteiger partial charge on any atom is 0.0562 e. The first-order valence-electron chi connectivity index (χ1n) is 5.97. The maximum atomic E-state index is 5.81. The van der Waals surface area contributed by atoms with Crippen LogP contribution in [0.3, 0.4) is 0 Å². The minimum atomic E-state index is 0.716. The molecule has 0 atom stereocenters. The van der Waals surface area contributed by atoms with Gasteiger partial charge in [0.05, 0.1) is 11.9 Å². The van der Waals surface area contributed by atoms with E-state index in [0.29, 0.717) is 5.02 Å². The van der Waals surface area contributed by atoms with Crippen LogP contribution in [-0.2, 0) is 0 Å². The van der Waals surface area contributed by atoms with E-state index in [1.807, 2.05) is 50.5 Å². The summed E-state index contributed by atoms with van der Waals surface area (Å²) in [6.45, 7) is 0. The van der Waals surface area contributed by atoms with Crippen LogP contribution in [0, 0.1) is 0 Å². The van der Waals surface area contributed by atoms with Gasteiger partial charge in [0.25, 0.3) is 0 Å². The number of rotatable bonds is 4. The Labute approximate surface area is 118 Å². The summed E-state index contributed by atoms with van der Waals surface area (Å²) in [5, 5.41) is 4.90. The Bertz CT molecular complexity index is 545. The molecular formula is C15H16ClN3. The third-order valence-corrected chi connectivity index (χ3v) is 2.91. The van der Waals surface area contributed by atoms with Crippen LogP contribution in [0.5, 0.6) is 0 Å². The largest absolute Gasteiger partial charge is 0.378 e. The highest BCUT2D eigenvalue weighted by molar-refractivity contribution is 6.30. The Kier molecular flexibility index (Phi) is 4.42. The topological polar surface area (TPSA) is 27.6 Å². The normalized spacial score (nSPS) is 10.7. The molecule has 0 unspecified atom stereocenters. The van der Waals surface area contributed by atoms with E-state index in [2.05, 4.69) is 27.6 Å². The van der Waals surface area contributed by atoms with Gasteiger partial charge < -0.3 is 4.90 Å². The Hall–Kier alpha value is -2.00. The summed E-state index contributed by atoms with van der Waals surface area (Å²) in [5.41, 5.74) is 6.08. The molecule has 19 heavy (non-hydrogen) atoms. The van der Waals surface area contributed by atoms with Gasteiger partial charge in [-0.05, 0) is 42.0 Å². The first-order chi connectivity index (χ1) is 9.15.